The number of aromatic hydroxyl groups is 1. The maximum atomic E-state index is 11.9. The van der Waals surface area contributed by atoms with Crippen molar-refractivity contribution in [1.29, 1.82) is 5.26 Å². The zero-order chi connectivity index (χ0) is 21.3. The van der Waals surface area contributed by atoms with E-state index >= 15 is 0 Å². The molecule has 4 rings (SSSR count). The highest BCUT2D eigenvalue weighted by atomic mass is 16.5. The van der Waals surface area contributed by atoms with Crippen LogP contribution in [0.5, 0.6) is 17.5 Å². The zero-order valence-corrected chi connectivity index (χ0v) is 16.2. The van der Waals surface area contributed by atoms with Crippen molar-refractivity contribution >= 4 is 10.9 Å². The van der Waals surface area contributed by atoms with Crippen LogP contribution in [-0.2, 0) is 6.54 Å². The van der Waals surface area contributed by atoms with Crippen LogP contribution in [0.3, 0.4) is 0 Å². The lowest BCUT2D eigenvalue weighted by Gasteiger charge is -2.08. The SMILES string of the molecule is COc1cc(-c2ccc3c(O)n(-c4ccc(=O)n(CC#N)c4)cc3n2)cnc1OC. The number of pyridine rings is 3. The summed E-state index contributed by atoms with van der Waals surface area (Å²) in [6.45, 7) is -0.0804. The van der Waals surface area contributed by atoms with Gasteiger partial charge >= 0.3 is 0 Å². The van der Waals surface area contributed by atoms with Gasteiger partial charge in [0.1, 0.15) is 6.54 Å². The minimum absolute atomic E-state index is 0.0170. The summed E-state index contributed by atoms with van der Waals surface area (Å²) >= 11 is 0. The molecular weight excluding hydrogens is 386 g/mol. The summed E-state index contributed by atoms with van der Waals surface area (Å²) in [5.74, 6) is 0.840. The van der Waals surface area contributed by atoms with Gasteiger partial charge in [-0.15, -0.1) is 0 Å². The van der Waals surface area contributed by atoms with Gasteiger partial charge in [0, 0.05) is 30.2 Å². The van der Waals surface area contributed by atoms with Gasteiger partial charge in [-0.25, -0.2) is 9.97 Å². The molecule has 4 aromatic rings. The third-order valence-corrected chi connectivity index (χ3v) is 4.66. The zero-order valence-electron chi connectivity index (χ0n) is 16.2. The summed E-state index contributed by atoms with van der Waals surface area (Å²) in [5, 5.41) is 20.1. The van der Waals surface area contributed by atoms with E-state index in [0.29, 0.717) is 33.9 Å². The fourth-order valence-corrected chi connectivity index (χ4v) is 3.17. The number of hydrogen-bond donors (Lipinski definition) is 1. The molecule has 0 aliphatic rings. The molecule has 150 valence electrons. The molecule has 0 unspecified atom stereocenters. The Balaban J connectivity index is 1.80. The Bertz CT molecular complexity index is 1350. The van der Waals surface area contributed by atoms with Crippen molar-refractivity contribution in [3.63, 3.8) is 0 Å². The molecule has 9 nitrogen and oxygen atoms in total. The first-order valence-electron chi connectivity index (χ1n) is 8.93. The first-order chi connectivity index (χ1) is 14.5. The second kappa shape index (κ2) is 7.60. The lowest BCUT2D eigenvalue weighted by molar-refractivity contribution is 0.343. The van der Waals surface area contributed by atoms with Crippen LogP contribution in [0, 0.1) is 11.3 Å². The number of fused-ring (bicyclic) bond motifs is 1. The predicted molar refractivity (Wildman–Crippen MR) is 109 cm³/mol. The molecule has 0 fully saturated rings. The van der Waals surface area contributed by atoms with Gasteiger partial charge < -0.3 is 14.6 Å². The van der Waals surface area contributed by atoms with Gasteiger partial charge in [0.2, 0.25) is 5.88 Å². The Morgan fingerprint density at radius 1 is 1.17 bits per heavy atom. The van der Waals surface area contributed by atoms with Crippen molar-refractivity contribution in [2.45, 2.75) is 6.54 Å². The first kappa shape index (κ1) is 19.0. The predicted octanol–water partition coefficient (Wildman–Crippen LogP) is 2.50. The molecule has 0 bridgehead atoms. The van der Waals surface area contributed by atoms with E-state index in [1.54, 1.807) is 36.7 Å². The van der Waals surface area contributed by atoms with E-state index in [0.717, 1.165) is 5.56 Å². The molecule has 0 saturated heterocycles. The molecule has 0 aliphatic carbocycles. The number of methoxy groups -OCH3 is 2. The average molecular weight is 403 g/mol. The minimum atomic E-state index is -0.294. The van der Waals surface area contributed by atoms with Crippen molar-refractivity contribution in [1.82, 2.24) is 19.1 Å². The monoisotopic (exact) mass is 403 g/mol. The van der Waals surface area contributed by atoms with E-state index in [1.807, 2.05) is 6.07 Å². The number of nitriles is 1. The molecule has 9 heteroatoms. The molecule has 4 heterocycles. The highest BCUT2D eigenvalue weighted by molar-refractivity contribution is 5.87. The molecule has 0 aliphatic heterocycles. The molecule has 0 atom stereocenters. The number of rotatable bonds is 5. The highest BCUT2D eigenvalue weighted by Gasteiger charge is 2.14. The van der Waals surface area contributed by atoms with E-state index in [1.165, 1.54) is 35.6 Å². The van der Waals surface area contributed by atoms with Crippen LogP contribution in [0.2, 0.25) is 0 Å². The molecule has 4 aromatic heterocycles. The summed E-state index contributed by atoms with van der Waals surface area (Å²) in [7, 11) is 3.05. The minimum Gasteiger partial charge on any atom is -0.494 e. The second-order valence-electron chi connectivity index (χ2n) is 6.40. The van der Waals surface area contributed by atoms with Crippen LogP contribution in [0.25, 0.3) is 27.8 Å². The summed E-state index contributed by atoms with van der Waals surface area (Å²) in [6, 6.07) is 10.2. The number of nitrogens with zero attached hydrogens (tertiary/aromatic N) is 5. The largest absolute Gasteiger partial charge is 0.494 e. The number of aromatic nitrogens is 4. The van der Waals surface area contributed by atoms with Crippen molar-refractivity contribution in [3.8, 4) is 40.5 Å². The van der Waals surface area contributed by atoms with Crippen LogP contribution < -0.4 is 15.0 Å². The Hall–Kier alpha value is -4.32. The fourth-order valence-electron chi connectivity index (χ4n) is 3.17. The van der Waals surface area contributed by atoms with Gasteiger partial charge in [-0.1, -0.05) is 0 Å². The summed E-state index contributed by atoms with van der Waals surface area (Å²) in [4.78, 5) is 20.7. The van der Waals surface area contributed by atoms with Gasteiger partial charge in [-0.2, -0.15) is 5.26 Å². The molecule has 0 amide bonds. The third kappa shape index (κ3) is 3.20. The van der Waals surface area contributed by atoms with Crippen molar-refractivity contribution < 1.29 is 14.6 Å². The van der Waals surface area contributed by atoms with Crippen LogP contribution in [0.4, 0.5) is 0 Å². The summed E-state index contributed by atoms with van der Waals surface area (Å²) < 4.78 is 13.2. The molecule has 0 saturated carbocycles. The summed E-state index contributed by atoms with van der Waals surface area (Å²) in [5.41, 5.74) is 2.16. The van der Waals surface area contributed by atoms with Gasteiger partial charge in [-0.05, 0) is 24.3 Å². The number of hydrogen-bond acceptors (Lipinski definition) is 7. The van der Waals surface area contributed by atoms with Gasteiger partial charge in [0.25, 0.3) is 11.4 Å². The van der Waals surface area contributed by atoms with E-state index in [-0.39, 0.29) is 18.0 Å². The van der Waals surface area contributed by atoms with E-state index in [4.69, 9.17) is 14.7 Å². The normalized spacial score (nSPS) is 10.7. The van der Waals surface area contributed by atoms with Gasteiger partial charge in [0.05, 0.1) is 42.6 Å². The smallest absolute Gasteiger partial charge is 0.256 e. The van der Waals surface area contributed by atoms with E-state index in [2.05, 4.69) is 9.97 Å². The standard InChI is InChI=1S/C21H17N5O4/c1-29-18-9-13(10-23-20(18)30-2)16-5-4-15-17(24-16)12-26(21(15)28)14-3-6-19(27)25(11-14)8-7-22/h3-6,9-12,28H,8H2,1-2H3. The molecule has 0 spiro atoms. The summed E-state index contributed by atoms with van der Waals surface area (Å²) in [6.07, 6.45) is 4.81. The van der Waals surface area contributed by atoms with Gasteiger partial charge in [0.15, 0.2) is 5.75 Å². The Kier molecular flexibility index (Phi) is 4.82. The lowest BCUT2D eigenvalue weighted by atomic mass is 10.1. The maximum absolute atomic E-state index is 11.9. The maximum Gasteiger partial charge on any atom is 0.256 e. The van der Waals surface area contributed by atoms with Crippen LogP contribution in [0.15, 0.2) is 53.7 Å². The molecule has 1 N–H and O–H groups in total. The van der Waals surface area contributed by atoms with Crippen molar-refractivity contribution in [3.05, 3.63) is 59.3 Å². The Labute approximate surface area is 171 Å². The number of ether oxygens (including phenoxy) is 2. The van der Waals surface area contributed by atoms with Crippen molar-refractivity contribution in [2.75, 3.05) is 14.2 Å². The fraction of sp³-hybridized carbons (Fsp3) is 0.143. The van der Waals surface area contributed by atoms with Crippen LogP contribution in [-0.4, -0.2) is 38.4 Å². The lowest BCUT2D eigenvalue weighted by Crippen LogP contribution is -2.18. The van der Waals surface area contributed by atoms with E-state index < -0.39 is 0 Å². The molecular formula is C21H17N5O4. The topological polar surface area (TPSA) is 115 Å². The first-order valence-corrected chi connectivity index (χ1v) is 8.93. The average Bonchev–Trinajstić information content (AvgIpc) is 3.10. The quantitative estimate of drug-likeness (QED) is 0.544. The molecule has 30 heavy (non-hydrogen) atoms. The second-order valence-corrected chi connectivity index (χ2v) is 6.40. The third-order valence-electron chi connectivity index (χ3n) is 4.66. The Morgan fingerprint density at radius 2 is 2.00 bits per heavy atom. The highest BCUT2D eigenvalue weighted by Crippen LogP contribution is 2.33. The van der Waals surface area contributed by atoms with Crippen molar-refractivity contribution in [2.24, 2.45) is 0 Å². The van der Waals surface area contributed by atoms with Crippen LogP contribution >= 0.6 is 0 Å². The van der Waals surface area contributed by atoms with Crippen LogP contribution in [0.1, 0.15) is 0 Å². The van der Waals surface area contributed by atoms with Gasteiger partial charge in [-0.3, -0.25) is 13.9 Å². The Morgan fingerprint density at radius 3 is 2.73 bits per heavy atom. The van der Waals surface area contributed by atoms with E-state index in [9.17, 15) is 9.90 Å². The molecule has 0 radical (unpaired) electrons. The molecule has 0 aromatic carbocycles.